The second-order valence-electron chi connectivity index (χ2n) is 6.03. The van der Waals surface area contributed by atoms with Gasteiger partial charge in [0.2, 0.25) is 5.91 Å². The van der Waals surface area contributed by atoms with Crippen LogP contribution >= 0.6 is 0 Å². The molecule has 5 N–H and O–H groups in total. The van der Waals surface area contributed by atoms with E-state index in [2.05, 4.69) is 10.6 Å². The summed E-state index contributed by atoms with van der Waals surface area (Å²) in [4.78, 5) is 33.0. The maximum absolute atomic E-state index is 11.6. The summed E-state index contributed by atoms with van der Waals surface area (Å²) in [6.45, 7) is 6.26. The quantitative estimate of drug-likeness (QED) is 0.494. The molecule has 0 fully saturated rings. The van der Waals surface area contributed by atoms with Gasteiger partial charge in [0.15, 0.2) is 0 Å². The molecule has 3 amide bonds. The maximum atomic E-state index is 11.6. The predicted octanol–water partition coefficient (Wildman–Crippen LogP) is 0.831. The summed E-state index contributed by atoms with van der Waals surface area (Å²) in [5, 5.41) is 14.1. The van der Waals surface area contributed by atoms with E-state index in [1.165, 1.54) is 0 Å². The Balaban J connectivity index is 4.18. The van der Waals surface area contributed by atoms with Gasteiger partial charge < -0.3 is 21.5 Å². The van der Waals surface area contributed by atoms with Crippen LogP contribution in [0.1, 0.15) is 46.5 Å². The summed E-state index contributed by atoms with van der Waals surface area (Å²) >= 11 is 0. The molecule has 0 spiro atoms. The molecule has 0 aromatic rings. The highest BCUT2D eigenvalue weighted by molar-refractivity contribution is 5.76. The van der Waals surface area contributed by atoms with Crippen LogP contribution in [0.15, 0.2) is 0 Å². The molecule has 0 aromatic carbocycles. The fourth-order valence-corrected chi connectivity index (χ4v) is 1.83. The molecule has 7 nitrogen and oxygen atoms in total. The van der Waals surface area contributed by atoms with Crippen LogP contribution in [0.5, 0.6) is 0 Å². The van der Waals surface area contributed by atoms with E-state index < -0.39 is 23.9 Å². The van der Waals surface area contributed by atoms with Gasteiger partial charge in [-0.25, -0.2) is 4.79 Å². The first-order chi connectivity index (χ1) is 9.10. The standard InChI is InChI=1S/C13H25N3O4/c1-13(2,3)8-9(7-11(18)19)16-12(20)15-6-4-5-10(14)17/h9H,4-8H2,1-3H3,(H2,14,17)(H,18,19)(H2,15,16,20). The maximum Gasteiger partial charge on any atom is 0.315 e. The lowest BCUT2D eigenvalue weighted by Crippen LogP contribution is -2.44. The van der Waals surface area contributed by atoms with E-state index in [-0.39, 0.29) is 18.3 Å². The molecule has 0 radical (unpaired) electrons. The molecule has 0 aliphatic rings. The SMILES string of the molecule is CC(C)(C)CC(CC(=O)O)NC(=O)NCCCC(N)=O. The van der Waals surface area contributed by atoms with E-state index in [4.69, 9.17) is 10.8 Å². The Bertz CT molecular complexity index is 350. The van der Waals surface area contributed by atoms with Gasteiger partial charge >= 0.3 is 12.0 Å². The van der Waals surface area contributed by atoms with Crippen molar-refractivity contribution in [3.05, 3.63) is 0 Å². The summed E-state index contributed by atoms with van der Waals surface area (Å²) in [7, 11) is 0. The number of carboxylic acids is 1. The molecule has 0 saturated heterocycles. The minimum absolute atomic E-state index is 0.0840. The smallest absolute Gasteiger partial charge is 0.315 e. The minimum atomic E-state index is -0.951. The molecule has 0 rings (SSSR count). The summed E-state index contributed by atoms with van der Waals surface area (Å²) in [6.07, 6.45) is 1.12. The minimum Gasteiger partial charge on any atom is -0.481 e. The molecule has 20 heavy (non-hydrogen) atoms. The highest BCUT2D eigenvalue weighted by atomic mass is 16.4. The van der Waals surface area contributed by atoms with E-state index in [9.17, 15) is 14.4 Å². The Morgan fingerprint density at radius 2 is 1.85 bits per heavy atom. The lowest BCUT2D eigenvalue weighted by molar-refractivity contribution is -0.137. The lowest BCUT2D eigenvalue weighted by Gasteiger charge is -2.25. The van der Waals surface area contributed by atoms with Gasteiger partial charge in [-0.15, -0.1) is 0 Å². The summed E-state index contributed by atoms with van der Waals surface area (Å²) < 4.78 is 0. The van der Waals surface area contributed by atoms with E-state index in [0.717, 1.165) is 0 Å². The van der Waals surface area contributed by atoms with Crippen molar-refractivity contribution in [1.29, 1.82) is 0 Å². The van der Waals surface area contributed by atoms with Crippen LogP contribution in [0, 0.1) is 5.41 Å². The number of urea groups is 1. The third-order valence-electron chi connectivity index (χ3n) is 2.50. The average molecular weight is 287 g/mol. The number of carboxylic acid groups (broad SMARTS) is 1. The van der Waals surface area contributed by atoms with Crippen molar-refractivity contribution >= 4 is 17.9 Å². The molecule has 1 unspecified atom stereocenters. The van der Waals surface area contributed by atoms with Crippen LogP contribution in [0.25, 0.3) is 0 Å². The van der Waals surface area contributed by atoms with Crippen LogP contribution in [-0.2, 0) is 9.59 Å². The zero-order chi connectivity index (χ0) is 15.8. The molecule has 1 atom stereocenters. The van der Waals surface area contributed by atoms with Gasteiger partial charge in [0.05, 0.1) is 6.42 Å². The van der Waals surface area contributed by atoms with Gasteiger partial charge in [0.25, 0.3) is 0 Å². The second kappa shape index (κ2) is 8.39. The lowest BCUT2D eigenvalue weighted by atomic mass is 9.87. The molecular formula is C13H25N3O4. The molecule has 0 heterocycles. The van der Waals surface area contributed by atoms with E-state index in [1.807, 2.05) is 20.8 Å². The van der Waals surface area contributed by atoms with Gasteiger partial charge in [0.1, 0.15) is 0 Å². The van der Waals surface area contributed by atoms with E-state index >= 15 is 0 Å². The molecule has 0 bridgehead atoms. The number of primary amides is 1. The number of hydrogen-bond acceptors (Lipinski definition) is 3. The van der Waals surface area contributed by atoms with Gasteiger partial charge in [0, 0.05) is 19.0 Å². The molecule has 0 aliphatic carbocycles. The van der Waals surface area contributed by atoms with Crippen molar-refractivity contribution in [2.45, 2.75) is 52.5 Å². The van der Waals surface area contributed by atoms with Crippen molar-refractivity contribution in [2.24, 2.45) is 11.1 Å². The number of nitrogens with one attached hydrogen (secondary N) is 2. The third kappa shape index (κ3) is 11.3. The molecule has 0 aliphatic heterocycles. The Labute approximate surface area is 119 Å². The average Bonchev–Trinajstić information content (AvgIpc) is 2.20. The first kappa shape index (κ1) is 18.2. The van der Waals surface area contributed by atoms with E-state index in [1.54, 1.807) is 0 Å². The van der Waals surface area contributed by atoms with Crippen LogP contribution in [0.2, 0.25) is 0 Å². The largest absolute Gasteiger partial charge is 0.481 e. The summed E-state index contributed by atoms with van der Waals surface area (Å²) in [5.74, 6) is -1.36. The van der Waals surface area contributed by atoms with Gasteiger partial charge in [-0.05, 0) is 18.3 Å². The van der Waals surface area contributed by atoms with Gasteiger partial charge in [-0.2, -0.15) is 0 Å². The Morgan fingerprint density at radius 1 is 1.25 bits per heavy atom. The normalized spacial score (nSPS) is 12.6. The van der Waals surface area contributed by atoms with Crippen molar-refractivity contribution in [3.63, 3.8) is 0 Å². The molecule has 0 aromatic heterocycles. The number of aliphatic carboxylic acids is 1. The van der Waals surface area contributed by atoms with E-state index in [0.29, 0.717) is 19.4 Å². The Morgan fingerprint density at radius 3 is 2.30 bits per heavy atom. The van der Waals surface area contributed by atoms with Crippen LogP contribution in [0.3, 0.4) is 0 Å². The van der Waals surface area contributed by atoms with Crippen LogP contribution < -0.4 is 16.4 Å². The summed E-state index contributed by atoms with van der Waals surface area (Å²) in [6, 6.07) is -0.853. The fraction of sp³-hybridized carbons (Fsp3) is 0.769. The van der Waals surface area contributed by atoms with Gasteiger partial charge in [-0.1, -0.05) is 20.8 Å². The van der Waals surface area contributed by atoms with Gasteiger partial charge in [-0.3, -0.25) is 9.59 Å². The fourth-order valence-electron chi connectivity index (χ4n) is 1.83. The first-order valence-electron chi connectivity index (χ1n) is 6.64. The summed E-state index contributed by atoms with van der Waals surface area (Å²) in [5.41, 5.74) is 4.90. The Hall–Kier alpha value is -1.79. The van der Waals surface area contributed by atoms with Crippen molar-refractivity contribution < 1.29 is 19.5 Å². The highest BCUT2D eigenvalue weighted by Crippen LogP contribution is 2.22. The topological polar surface area (TPSA) is 122 Å². The number of nitrogens with two attached hydrogens (primary N) is 1. The van der Waals surface area contributed by atoms with Crippen LogP contribution in [0.4, 0.5) is 4.79 Å². The first-order valence-corrected chi connectivity index (χ1v) is 6.64. The monoisotopic (exact) mass is 287 g/mol. The third-order valence-corrected chi connectivity index (χ3v) is 2.50. The highest BCUT2D eigenvalue weighted by Gasteiger charge is 2.22. The van der Waals surface area contributed by atoms with Crippen molar-refractivity contribution in [2.75, 3.05) is 6.54 Å². The molecule has 0 saturated carbocycles. The second-order valence-corrected chi connectivity index (χ2v) is 6.03. The number of carbonyl (C=O) groups is 3. The van der Waals surface area contributed by atoms with Crippen molar-refractivity contribution in [1.82, 2.24) is 10.6 Å². The zero-order valence-corrected chi connectivity index (χ0v) is 12.4. The number of rotatable bonds is 8. The van der Waals surface area contributed by atoms with Crippen LogP contribution in [-0.4, -0.2) is 35.6 Å². The number of hydrogen-bond donors (Lipinski definition) is 4. The number of carbonyl (C=O) groups excluding carboxylic acids is 2. The number of amides is 3. The Kier molecular flexibility index (Phi) is 7.64. The molecule has 7 heteroatoms. The molecule has 116 valence electrons. The predicted molar refractivity (Wildman–Crippen MR) is 75.1 cm³/mol. The zero-order valence-electron chi connectivity index (χ0n) is 12.4. The van der Waals surface area contributed by atoms with Crippen molar-refractivity contribution in [3.8, 4) is 0 Å². The molecular weight excluding hydrogens is 262 g/mol.